The lowest BCUT2D eigenvalue weighted by Crippen LogP contribution is -2.55. The van der Waals surface area contributed by atoms with E-state index in [9.17, 15) is 9.90 Å². The Kier molecular flexibility index (Phi) is 5.13. The van der Waals surface area contributed by atoms with Gasteiger partial charge in [0.05, 0.1) is 0 Å². The molecule has 0 aromatic heterocycles. The van der Waals surface area contributed by atoms with E-state index in [0.717, 1.165) is 13.0 Å². The summed E-state index contributed by atoms with van der Waals surface area (Å²) in [4.78, 5) is 13.3. The number of nitrogens with zero attached hydrogens (tertiary/aromatic N) is 1. The second kappa shape index (κ2) is 5.35. The summed E-state index contributed by atoms with van der Waals surface area (Å²) < 4.78 is 0. The van der Waals surface area contributed by atoms with E-state index in [1.807, 2.05) is 27.7 Å². The molecule has 0 amide bonds. The Morgan fingerprint density at radius 1 is 1.43 bits per heavy atom. The molecule has 84 valence electrons. The van der Waals surface area contributed by atoms with Crippen LogP contribution >= 0.6 is 0 Å². The van der Waals surface area contributed by atoms with E-state index in [-0.39, 0.29) is 6.04 Å². The first-order valence-electron chi connectivity index (χ1n) is 5.40. The van der Waals surface area contributed by atoms with Crippen LogP contribution in [-0.4, -0.2) is 34.1 Å². The summed E-state index contributed by atoms with van der Waals surface area (Å²) in [5, 5.41) is 9.24. The van der Waals surface area contributed by atoms with Crippen molar-refractivity contribution in [2.45, 2.75) is 59.0 Å². The first-order chi connectivity index (χ1) is 6.40. The van der Waals surface area contributed by atoms with Crippen molar-refractivity contribution in [3.63, 3.8) is 0 Å². The van der Waals surface area contributed by atoms with Crippen LogP contribution in [0.4, 0.5) is 0 Å². The lowest BCUT2D eigenvalue weighted by Gasteiger charge is -2.40. The third kappa shape index (κ3) is 2.71. The summed E-state index contributed by atoms with van der Waals surface area (Å²) in [7, 11) is 0. The molecule has 0 aliphatic heterocycles. The Labute approximate surface area is 87.1 Å². The number of aliphatic carboxylic acids is 1. The van der Waals surface area contributed by atoms with Crippen molar-refractivity contribution in [2.75, 3.05) is 6.54 Å². The standard InChI is InChI=1S/C11H23NO2/c1-6-8-12(9(3)4)11(5,7-2)10(13)14/h9H,6-8H2,1-5H3,(H,13,14). The van der Waals surface area contributed by atoms with Crippen molar-refractivity contribution in [1.82, 2.24) is 4.90 Å². The maximum Gasteiger partial charge on any atom is 0.323 e. The highest BCUT2D eigenvalue weighted by atomic mass is 16.4. The minimum Gasteiger partial charge on any atom is -0.480 e. The molecule has 1 atom stereocenters. The predicted molar refractivity (Wildman–Crippen MR) is 58.5 cm³/mol. The van der Waals surface area contributed by atoms with Crippen LogP contribution in [0.2, 0.25) is 0 Å². The van der Waals surface area contributed by atoms with Crippen LogP contribution < -0.4 is 0 Å². The van der Waals surface area contributed by atoms with Crippen molar-refractivity contribution in [2.24, 2.45) is 0 Å². The van der Waals surface area contributed by atoms with Gasteiger partial charge in [-0.05, 0) is 40.2 Å². The Bertz CT molecular complexity index is 192. The van der Waals surface area contributed by atoms with Crippen molar-refractivity contribution >= 4 is 5.97 Å². The molecule has 0 rings (SSSR count). The quantitative estimate of drug-likeness (QED) is 0.717. The Hall–Kier alpha value is -0.570. The minimum atomic E-state index is -0.720. The van der Waals surface area contributed by atoms with Crippen molar-refractivity contribution < 1.29 is 9.90 Å². The molecule has 0 heterocycles. The molecule has 0 spiro atoms. The van der Waals surface area contributed by atoms with Gasteiger partial charge in [-0.25, -0.2) is 0 Å². The second-order valence-corrected chi connectivity index (χ2v) is 4.22. The first-order valence-corrected chi connectivity index (χ1v) is 5.40. The van der Waals surface area contributed by atoms with E-state index >= 15 is 0 Å². The molecule has 0 aliphatic rings. The highest BCUT2D eigenvalue weighted by Gasteiger charge is 2.38. The topological polar surface area (TPSA) is 40.5 Å². The molecule has 0 aromatic carbocycles. The third-order valence-electron chi connectivity index (χ3n) is 2.87. The highest BCUT2D eigenvalue weighted by molar-refractivity contribution is 5.78. The van der Waals surface area contributed by atoms with E-state index in [0.29, 0.717) is 6.42 Å². The summed E-state index contributed by atoms with van der Waals surface area (Å²) >= 11 is 0. The summed E-state index contributed by atoms with van der Waals surface area (Å²) in [5.74, 6) is -0.720. The summed E-state index contributed by atoms with van der Waals surface area (Å²) in [5.41, 5.74) is -0.718. The van der Waals surface area contributed by atoms with Gasteiger partial charge in [-0.2, -0.15) is 0 Å². The Morgan fingerprint density at radius 3 is 2.14 bits per heavy atom. The van der Waals surface area contributed by atoms with Crippen molar-refractivity contribution in [3.8, 4) is 0 Å². The maximum absolute atomic E-state index is 11.2. The van der Waals surface area contributed by atoms with Gasteiger partial charge < -0.3 is 5.11 Å². The fourth-order valence-corrected chi connectivity index (χ4v) is 1.79. The number of hydrogen-bond donors (Lipinski definition) is 1. The van der Waals surface area contributed by atoms with E-state index in [4.69, 9.17) is 0 Å². The van der Waals surface area contributed by atoms with Gasteiger partial charge in [0.2, 0.25) is 0 Å². The van der Waals surface area contributed by atoms with Gasteiger partial charge in [-0.3, -0.25) is 9.69 Å². The average molecular weight is 201 g/mol. The fraction of sp³-hybridized carbons (Fsp3) is 0.909. The summed E-state index contributed by atoms with van der Waals surface area (Å²) in [6.45, 7) is 10.8. The van der Waals surface area contributed by atoms with E-state index in [1.54, 1.807) is 0 Å². The largest absolute Gasteiger partial charge is 0.480 e. The van der Waals surface area contributed by atoms with Crippen LogP contribution in [0, 0.1) is 0 Å². The summed E-state index contributed by atoms with van der Waals surface area (Å²) in [6, 6.07) is 0.274. The normalized spacial score (nSPS) is 15.9. The lowest BCUT2D eigenvalue weighted by molar-refractivity contribution is -0.152. The van der Waals surface area contributed by atoms with Crippen LogP contribution in [0.15, 0.2) is 0 Å². The van der Waals surface area contributed by atoms with Gasteiger partial charge in [0, 0.05) is 6.04 Å². The number of hydrogen-bond acceptors (Lipinski definition) is 2. The van der Waals surface area contributed by atoms with E-state index in [1.165, 1.54) is 0 Å². The van der Waals surface area contributed by atoms with Crippen LogP contribution in [0.5, 0.6) is 0 Å². The van der Waals surface area contributed by atoms with Gasteiger partial charge in [0.25, 0.3) is 0 Å². The molecule has 1 unspecified atom stereocenters. The van der Waals surface area contributed by atoms with Gasteiger partial charge in [-0.15, -0.1) is 0 Å². The maximum atomic E-state index is 11.2. The highest BCUT2D eigenvalue weighted by Crippen LogP contribution is 2.22. The van der Waals surface area contributed by atoms with Crippen molar-refractivity contribution in [1.29, 1.82) is 0 Å². The molecule has 0 aromatic rings. The molecule has 3 heteroatoms. The molecule has 0 aliphatic carbocycles. The minimum absolute atomic E-state index is 0.274. The lowest BCUT2D eigenvalue weighted by atomic mass is 9.94. The number of carboxylic acids is 1. The number of carboxylic acid groups (broad SMARTS) is 1. The van der Waals surface area contributed by atoms with E-state index < -0.39 is 11.5 Å². The Morgan fingerprint density at radius 2 is 1.93 bits per heavy atom. The van der Waals surface area contributed by atoms with Gasteiger partial charge in [0.15, 0.2) is 0 Å². The van der Waals surface area contributed by atoms with Crippen LogP contribution in [0.25, 0.3) is 0 Å². The molecular formula is C11H23NO2. The fourth-order valence-electron chi connectivity index (χ4n) is 1.79. The van der Waals surface area contributed by atoms with E-state index in [2.05, 4.69) is 11.8 Å². The monoisotopic (exact) mass is 201 g/mol. The Balaban J connectivity index is 4.83. The summed E-state index contributed by atoms with van der Waals surface area (Å²) in [6.07, 6.45) is 1.63. The smallest absolute Gasteiger partial charge is 0.323 e. The van der Waals surface area contributed by atoms with Crippen molar-refractivity contribution in [3.05, 3.63) is 0 Å². The van der Waals surface area contributed by atoms with Gasteiger partial charge in [0.1, 0.15) is 5.54 Å². The zero-order chi connectivity index (χ0) is 11.4. The third-order valence-corrected chi connectivity index (χ3v) is 2.87. The molecule has 3 nitrogen and oxygen atoms in total. The zero-order valence-electron chi connectivity index (χ0n) is 10.0. The van der Waals surface area contributed by atoms with Gasteiger partial charge in [-0.1, -0.05) is 13.8 Å². The molecule has 0 radical (unpaired) electrons. The van der Waals surface area contributed by atoms with Gasteiger partial charge >= 0.3 is 5.97 Å². The molecule has 0 fully saturated rings. The molecule has 0 saturated carbocycles. The van der Waals surface area contributed by atoms with Crippen LogP contribution in [0.3, 0.4) is 0 Å². The molecule has 0 saturated heterocycles. The SMILES string of the molecule is CCCN(C(C)C)C(C)(CC)C(=O)O. The van der Waals surface area contributed by atoms with Crippen LogP contribution in [0.1, 0.15) is 47.5 Å². The second-order valence-electron chi connectivity index (χ2n) is 4.22. The number of rotatable bonds is 6. The molecule has 14 heavy (non-hydrogen) atoms. The molecular weight excluding hydrogens is 178 g/mol. The molecule has 0 bridgehead atoms. The number of carbonyl (C=O) groups is 1. The predicted octanol–water partition coefficient (Wildman–Crippen LogP) is 2.36. The zero-order valence-corrected chi connectivity index (χ0v) is 10.0. The first kappa shape index (κ1) is 13.4. The van der Waals surface area contributed by atoms with Crippen LogP contribution in [-0.2, 0) is 4.79 Å². The average Bonchev–Trinajstić information content (AvgIpc) is 2.12. The molecule has 1 N–H and O–H groups in total.